The predicted octanol–water partition coefficient (Wildman–Crippen LogP) is 3.95. The Bertz CT molecular complexity index is 805. The molecule has 0 amide bonds. The summed E-state index contributed by atoms with van der Waals surface area (Å²) >= 11 is 3.39. The van der Waals surface area contributed by atoms with E-state index in [9.17, 15) is 0 Å². The van der Waals surface area contributed by atoms with Gasteiger partial charge in [-0.25, -0.2) is 9.97 Å². The number of aromatic nitrogens is 2. The Morgan fingerprint density at radius 3 is 2.90 bits per heavy atom. The number of aryl methyl sites for hydroxylation is 1. The molecular weight excluding hydrogens is 330 g/mol. The normalized spacial score (nSPS) is 10.8. The van der Waals surface area contributed by atoms with Crippen LogP contribution in [-0.4, -0.2) is 9.97 Å². The van der Waals surface area contributed by atoms with Crippen LogP contribution in [0.2, 0.25) is 0 Å². The Balaban J connectivity index is 2.08. The summed E-state index contributed by atoms with van der Waals surface area (Å²) in [6.45, 7) is 2.32. The van der Waals surface area contributed by atoms with Crippen molar-refractivity contribution in [3.05, 3.63) is 58.3 Å². The summed E-state index contributed by atoms with van der Waals surface area (Å²) in [6, 6.07) is 11.8. The van der Waals surface area contributed by atoms with E-state index >= 15 is 0 Å². The molecule has 4 nitrogen and oxygen atoms in total. The zero-order chi connectivity index (χ0) is 14.8. The molecule has 5 heteroatoms. The molecule has 0 unspecified atom stereocenters. The van der Waals surface area contributed by atoms with Crippen molar-refractivity contribution in [2.75, 3.05) is 0 Å². The van der Waals surface area contributed by atoms with Crippen LogP contribution in [-0.2, 0) is 6.54 Å². The Hall–Kier alpha value is -1.98. The van der Waals surface area contributed by atoms with E-state index in [1.54, 1.807) is 6.20 Å². The van der Waals surface area contributed by atoms with Gasteiger partial charge in [0.1, 0.15) is 5.52 Å². The molecule has 2 heterocycles. The largest absolute Gasteiger partial charge is 0.436 e. The van der Waals surface area contributed by atoms with E-state index in [0.717, 1.165) is 26.6 Å². The average Bonchev–Trinajstić information content (AvgIpc) is 2.49. The van der Waals surface area contributed by atoms with Gasteiger partial charge in [-0.3, -0.25) is 0 Å². The molecule has 106 valence electrons. The van der Waals surface area contributed by atoms with Crippen molar-refractivity contribution in [3.8, 4) is 11.6 Å². The number of benzene rings is 1. The van der Waals surface area contributed by atoms with Crippen molar-refractivity contribution in [2.45, 2.75) is 13.5 Å². The van der Waals surface area contributed by atoms with E-state index < -0.39 is 0 Å². The Labute approximate surface area is 131 Å². The fraction of sp³-hybridized carbons (Fsp3) is 0.125. The second kappa shape index (κ2) is 5.79. The second-order valence-corrected chi connectivity index (χ2v) is 5.62. The molecule has 3 rings (SSSR count). The zero-order valence-corrected chi connectivity index (χ0v) is 13.1. The van der Waals surface area contributed by atoms with Crippen LogP contribution >= 0.6 is 15.9 Å². The molecule has 2 N–H and O–H groups in total. The van der Waals surface area contributed by atoms with Crippen LogP contribution in [0.4, 0.5) is 0 Å². The minimum Gasteiger partial charge on any atom is -0.436 e. The van der Waals surface area contributed by atoms with Crippen LogP contribution in [0.5, 0.6) is 11.6 Å². The van der Waals surface area contributed by atoms with Gasteiger partial charge in [0.2, 0.25) is 5.88 Å². The number of nitrogens with zero attached hydrogens (tertiary/aromatic N) is 2. The van der Waals surface area contributed by atoms with Crippen LogP contribution < -0.4 is 10.5 Å². The first-order chi connectivity index (χ1) is 10.2. The molecule has 0 saturated heterocycles. The van der Waals surface area contributed by atoms with Gasteiger partial charge in [0.15, 0.2) is 5.75 Å². The Kier molecular flexibility index (Phi) is 3.86. The lowest BCUT2D eigenvalue weighted by atomic mass is 10.2. The third kappa shape index (κ3) is 2.89. The number of rotatable bonds is 3. The fourth-order valence-electron chi connectivity index (χ4n) is 2.11. The van der Waals surface area contributed by atoms with E-state index in [2.05, 4.69) is 25.9 Å². The average molecular weight is 344 g/mol. The maximum absolute atomic E-state index is 5.95. The molecule has 0 aliphatic carbocycles. The number of pyridine rings is 2. The maximum Gasteiger partial charge on any atom is 0.223 e. The van der Waals surface area contributed by atoms with Gasteiger partial charge in [-0.15, -0.1) is 0 Å². The molecule has 2 aromatic heterocycles. The van der Waals surface area contributed by atoms with Gasteiger partial charge < -0.3 is 10.5 Å². The molecule has 0 spiro atoms. The molecule has 21 heavy (non-hydrogen) atoms. The summed E-state index contributed by atoms with van der Waals surface area (Å²) in [5, 5.41) is 1.03. The number of halogens is 1. The lowest BCUT2D eigenvalue weighted by Crippen LogP contribution is -2.01. The number of nitrogens with two attached hydrogens (primary N) is 1. The second-order valence-electron chi connectivity index (χ2n) is 4.70. The van der Waals surface area contributed by atoms with E-state index in [-0.39, 0.29) is 0 Å². The Morgan fingerprint density at radius 1 is 1.24 bits per heavy atom. The molecular formula is C16H14BrN3O. The van der Waals surface area contributed by atoms with Gasteiger partial charge in [-0.2, -0.15) is 0 Å². The highest BCUT2D eigenvalue weighted by Gasteiger charge is 2.10. The van der Waals surface area contributed by atoms with Crippen molar-refractivity contribution in [3.63, 3.8) is 0 Å². The number of ether oxygens (including phenoxy) is 1. The van der Waals surface area contributed by atoms with Crippen LogP contribution in [0.15, 0.2) is 47.1 Å². The number of para-hydroxylation sites is 1. The van der Waals surface area contributed by atoms with Crippen LogP contribution in [0.1, 0.15) is 11.3 Å². The monoisotopic (exact) mass is 343 g/mol. The summed E-state index contributed by atoms with van der Waals surface area (Å²) in [4.78, 5) is 8.85. The maximum atomic E-state index is 5.95. The first-order valence-electron chi connectivity index (χ1n) is 6.56. The summed E-state index contributed by atoms with van der Waals surface area (Å²) in [5.74, 6) is 1.19. The summed E-state index contributed by atoms with van der Waals surface area (Å²) in [7, 11) is 0. The third-order valence-electron chi connectivity index (χ3n) is 3.14. The van der Waals surface area contributed by atoms with Crippen molar-refractivity contribution in [1.29, 1.82) is 0 Å². The highest BCUT2D eigenvalue weighted by molar-refractivity contribution is 9.10. The summed E-state index contributed by atoms with van der Waals surface area (Å²) < 4.78 is 6.83. The molecule has 0 saturated carbocycles. The minimum atomic E-state index is 0.360. The highest BCUT2D eigenvalue weighted by Crippen LogP contribution is 2.30. The van der Waals surface area contributed by atoms with Crippen molar-refractivity contribution in [2.24, 2.45) is 5.73 Å². The summed E-state index contributed by atoms with van der Waals surface area (Å²) in [5.41, 5.74) is 8.37. The van der Waals surface area contributed by atoms with E-state index in [0.29, 0.717) is 18.2 Å². The van der Waals surface area contributed by atoms with Gasteiger partial charge >= 0.3 is 0 Å². The van der Waals surface area contributed by atoms with Crippen LogP contribution in [0.3, 0.4) is 0 Å². The van der Waals surface area contributed by atoms with Gasteiger partial charge in [-0.1, -0.05) is 18.2 Å². The fourth-order valence-corrected chi connectivity index (χ4v) is 2.49. The Morgan fingerprint density at radius 2 is 2.10 bits per heavy atom. The first-order valence-corrected chi connectivity index (χ1v) is 7.35. The molecule has 0 bridgehead atoms. The summed E-state index contributed by atoms with van der Waals surface area (Å²) in [6.07, 6.45) is 1.69. The van der Waals surface area contributed by atoms with Gasteiger partial charge in [0.05, 0.1) is 0 Å². The van der Waals surface area contributed by atoms with Crippen molar-refractivity contribution in [1.82, 2.24) is 9.97 Å². The molecule has 0 aliphatic rings. The lowest BCUT2D eigenvalue weighted by molar-refractivity contribution is 0.460. The SMILES string of the molecule is Cc1ccc2cccc(Oc3ncc(Br)cc3CN)c2n1. The third-order valence-corrected chi connectivity index (χ3v) is 3.57. The quantitative estimate of drug-likeness (QED) is 0.781. The van der Waals surface area contributed by atoms with Crippen LogP contribution in [0.25, 0.3) is 10.9 Å². The van der Waals surface area contributed by atoms with E-state index in [1.165, 1.54) is 0 Å². The van der Waals surface area contributed by atoms with E-state index in [1.807, 2.05) is 43.3 Å². The number of hydrogen-bond donors (Lipinski definition) is 1. The molecule has 0 radical (unpaired) electrons. The lowest BCUT2D eigenvalue weighted by Gasteiger charge is -2.11. The van der Waals surface area contributed by atoms with Gasteiger partial charge in [-0.05, 0) is 41.1 Å². The molecule has 0 aliphatic heterocycles. The van der Waals surface area contributed by atoms with Gasteiger partial charge in [0.25, 0.3) is 0 Å². The van der Waals surface area contributed by atoms with Crippen LogP contribution in [0, 0.1) is 6.92 Å². The predicted molar refractivity (Wildman–Crippen MR) is 86.4 cm³/mol. The standard InChI is InChI=1S/C16H14BrN3O/c1-10-5-6-11-3-2-4-14(15(11)20-10)21-16-12(8-18)7-13(17)9-19-16/h2-7,9H,8,18H2,1H3. The molecule has 3 aromatic rings. The smallest absolute Gasteiger partial charge is 0.223 e. The molecule has 0 atom stereocenters. The minimum absolute atomic E-state index is 0.360. The zero-order valence-electron chi connectivity index (χ0n) is 11.5. The number of fused-ring (bicyclic) bond motifs is 1. The van der Waals surface area contributed by atoms with Gasteiger partial charge in [0, 0.05) is 33.9 Å². The highest BCUT2D eigenvalue weighted by atomic mass is 79.9. The topological polar surface area (TPSA) is 61.0 Å². The van der Waals surface area contributed by atoms with Crippen molar-refractivity contribution < 1.29 is 4.74 Å². The number of hydrogen-bond acceptors (Lipinski definition) is 4. The molecule has 1 aromatic carbocycles. The molecule has 0 fully saturated rings. The van der Waals surface area contributed by atoms with E-state index in [4.69, 9.17) is 10.5 Å². The first kappa shape index (κ1) is 14.0. The van der Waals surface area contributed by atoms with Crippen molar-refractivity contribution >= 4 is 26.8 Å².